The van der Waals surface area contributed by atoms with Gasteiger partial charge in [-0.05, 0) is 70.1 Å². The van der Waals surface area contributed by atoms with Crippen molar-refractivity contribution in [1.29, 1.82) is 0 Å². The first-order valence-electron chi connectivity index (χ1n) is 8.52. The SMILES string of the molecule is C1CCN(CCN2CCCC3(CCCNC3)C2)CC1. The predicted molar refractivity (Wildman–Crippen MR) is 80.5 cm³/mol. The largest absolute Gasteiger partial charge is 0.316 e. The van der Waals surface area contributed by atoms with E-state index in [-0.39, 0.29) is 0 Å². The molecule has 1 N–H and O–H groups in total. The van der Waals surface area contributed by atoms with Crippen molar-refractivity contribution in [2.45, 2.75) is 44.9 Å². The molecule has 19 heavy (non-hydrogen) atoms. The van der Waals surface area contributed by atoms with Gasteiger partial charge < -0.3 is 15.1 Å². The van der Waals surface area contributed by atoms with Gasteiger partial charge in [-0.1, -0.05) is 6.42 Å². The van der Waals surface area contributed by atoms with Crippen LogP contribution >= 0.6 is 0 Å². The molecule has 0 aliphatic carbocycles. The number of rotatable bonds is 3. The lowest BCUT2D eigenvalue weighted by Crippen LogP contribution is -2.52. The normalized spacial score (nSPS) is 34.7. The zero-order valence-electron chi connectivity index (χ0n) is 12.5. The highest BCUT2D eigenvalue weighted by atomic mass is 15.2. The van der Waals surface area contributed by atoms with Crippen LogP contribution in [0.2, 0.25) is 0 Å². The molecule has 1 spiro atoms. The van der Waals surface area contributed by atoms with Crippen molar-refractivity contribution in [3.8, 4) is 0 Å². The van der Waals surface area contributed by atoms with Gasteiger partial charge in [-0.15, -0.1) is 0 Å². The van der Waals surface area contributed by atoms with Crippen LogP contribution in [-0.2, 0) is 0 Å². The summed E-state index contributed by atoms with van der Waals surface area (Å²) < 4.78 is 0. The van der Waals surface area contributed by atoms with Gasteiger partial charge in [0.15, 0.2) is 0 Å². The minimum absolute atomic E-state index is 0.623. The van der Waals surface area contributed by atoms with Crippen molar-refractivity contribution in [3.05, 3.63) is 0 Å². The molecule has 3 fully saturated rings. The van der Waals surface area contributed by atoms with Crippen molar-refractivity contribution in [2.75, 3.05) is 52.4 Å². The molecule has 0 aromatic carbocycles. The van der Waals surface area contributed by atoms with E-state index in [9.17, 15) is 0 Å². The number of piperidine rings is 3. The van der Waals surface area contributed by atoms with E-state index >= 15 is 0 Å². The van der Waals surface area contributed by atoms with E-state index in [0.717, 1.165) is 0 Å². The summed E-state index contributed by atoms with van der Waals surface area (Å²) >= 11 is 0. The highest BCUT2D eigenvalue weighted by Crippen LogP contribution is 2.35. The number of likely N-dealkylation sites (tertiary alicyclic amines) is 2. The number of hydrogen-bond donors (Lipinski definition) is 1. The maximum Gasteiger partial charge on any atom is 0.0110 e. The summed E-state index contributed by atoms with van der Waals surface area (Å²) in [6.07, 6.45) is 10.0. The Balaban J connectivity index is 1.45. The van der Waals surface area contributed by atoms with E-state index in [2.05, 4.69) is 15.1 Å². The van der Waals surface area contributed by atoms with Gasteiger partial charge in [0.05, 0.1) is 0 Å². The molecule has 3 nitrogen and oxygen atoms in total. The Morgan fingerprint density at radius 1 is 0.789 bits per heavy atom. The molecule has 0 aromatic rings. The maximum absolute atomic E-state index is 3.63. The van der Waals surface area contributed by atoms with Gasteiger partial charge >= 0.3 is 0 Å². The van der Waals surface area contributed by atoms with Crippen molar-refractivity contribution < 1.29 is 0 Å². The van der Waals surface area contributed by atoms with Crippen LogP contribution in [0.1, 0.15) is 44.9 Å². The van der Waals surface area contributed by atoms with Crippen LogP contribution in [-0.4, -0.2) is 62.2 Å². The van der Waals surface area contributed by atoms with Gasteiger partial charge in [0.1, 0.15) is 0 Å². The molecule has 0 amide bonds. The van der Waals surface area contributed by atoms with Gasteiger partial charge in [-0.25, -0.2) is 0 Å². The Morgan fingerprint density at radius 3 is 2.32 bits per heavy atom. The first kappa shape index (κ1) is 13.8. The van der Waals surface area contributed by atoms with E-state index in [1.807, 2.05) is 0 Å². The van der Waals surface area contributed by atoms with Crippen LogP contribution in [0.15, 0.2) is 0 Å². The topological polar surface area (TPSA) is 18.5 Å². The molecule has 0 bridgehead atoms. The second-order valence-corrected chi connectivity index (χ2v) is 7.06. The fourth-order valence-corrected chi connectivity index (χ4v) is 4.35. The lowest BCUT2D eigenvalue weighted by atomic mass is 9.74. The van der Waals surface area contributed by atoms with Gasteiger partial charge in [0, 0.05) is 26.2 Å². The second kappa shape index (κ2) is 6.55. The van der Waals surface area contributed by atoms with Crippen LogP contribution in [0.4, 0.5) is 0 Å². The molecule has 3 heterocycles. The number of hydrogen-bond acceptors (Lipinski definition) is 3. The fourth-order valence-electron chi connectivity index (χ4n) is 4.35. The van der Waals surface area contributed by atoms with Crippen molar-refractivity contribution >= 4 is 0 Å². The molecule has 3 aliphatic rings. The molecule has 3 saturated heterocycles. The average molecular weight is 265 g/mol. The van der Waals surface area contributed by atoms with Crippen molar-refractivity contribution in [1.82, 2.24) is 15.1 Å². The highest BCUT2D eigenvalue weighted by Gasteiger charge is 2.36. The van der Waals surface area contributed by atoms with E-state index in [1.165, 1.54) is 97.3 Å². The van der Waals surface area contributed by atoms with E-state index in [0.29, 0.717) is 5.41 Å². The molecule has 1 atom stereocenters. The van der Waals surface area contributed by atoms with E-state index < -0.39 is 0 Å². The zero-order valence-corrected chi connectivity index (χ0v) is 12.5. The van der Waals surface area contributed by atoms with Crippen LogP contribution in [0.5, 0.6) is 0 Å². The lowest BCUT2D eigenvalue weighted by Gasteiger charge is -2.46. The standard InChI is InChI=1S/C16H31N3/c1-2-9-18(10-3-1)12-13-19-11-5-7-16(15-19)6-4-8-17-14-16/h17H,1-15H2. The molecule has 0 saturated carbocycles. The average Bonchev–Trinajstić information content (AvgIpc) is 2.47. The molecule has 110 valence electrons. The summed E-state index contributed by atoms with van der Waals surface area (Å²) in [5.41, 5.74) is 0.623. The first-order chi connectivity index (χ1) is 9.36. The van der Waals surface area contributed by atoms with Crippen molar-refractivity contribution in [2.24, 2.45) is 5.41 Å². The molecular weight excluding hydrogens is 234 g/mol. The summed E-state index contributed by atoms with van der Waals surface area (Å²) in [6.45, 7) is 10.5. The summed E-state index contributed by atoms with van der Waals surface area (Å²) in [5, 5.41) is 3.63. The van der Waals surface area contributed by atoms with Gasteiger partial charge in [0.2, 0.25) is 0 Å². The summed E-state index contributed by atoms with van der Waals surface area (Å²) in [5.74, 6) is 0. The monoisotopic (exact) mass is 265 g/mol. The van der Waals surface area contributed by atoms with Crippen LogP contribution in [0, 0.1) is 5.41 Å². The highest BCUT2D eigenvalue weighted by molar-refractivity contribution is 4.91. The van der Waals surface area contributed by atoms with E-state index in [1.54, 1.807) is 0 Å². The van der Waals surface area contributed by atoms with Gasteiger partial charge in [0.25, 0.3) is 0 Å². The molecular formula is C16H31N3. The Labute approximate surface area is 118 Å². The Morgan fingerprint density at radius 2 is 1.53 bits per heavy atom. The third kappa shape index (κ3) is 3.71. The molecule has 1 unspecified atom stereocenters. The predicted octanol–water partition coefficient (Wildman–Crippen LogP) is 1.94. The Kier molecular flexibility index (Phi) is 4.78. The number of nitrogens with zero attached hydrogens (tertiary/aromatic N) is 2. The lowest BCUT2D eigenvalue weighted by molar-refractivity contribution is 0.0562. The minimum atomic E-state index is 0.623. The summed E-state index contributed by atoms with van der Waals surface area (Å²) in [4.78, 5) is 5.44. The van der Waals surface area contributed by atoms with E-state index in [4.69, 9.17) is 0 Å². The van der Waals surface area contributed by atoms with Crippen LogP contribution < -0.4 is 5.32 Å². The first-order valence-corrected chi connectivity index (χ1v) is 8.52. The van der Waals surface area contributed by atoms with Gasteiger partial charge in [-0.3, -0.25) is 0 Å². The molecule has 0 radical (unpaired) electrons. The third-order valence-electron chi connectivity index (χ3n) is 5.48. The Bertz CT molecular complexity index is 262. The Hall–Kier alpha value is -0.120. The molecule has 3 rings (SSSR count). The fraction of sp³-hybridized carbons (Fsp3) is 1.00. The third-order valence-corrected chi connectivity index (χ3v) is 5.48. The van der Waals surface area contributed by atoms with Crippen LogP contribution in [0.25, 0.3) is 0 Å². The molecule has 3 heteroatoms. The number of nitrogens with one attached hydrogen (secondary N) is 1. The second-order valence-electron chi connectivity index (χ2n) is 7.06. The molecule has 0 aromatic heterocycles. The van der Waals surface area contributed by atoms with Gasteiger partial charge in [-0.2, -0.15) is 0 Å². The maximum atomic E-state index is 3.63. The summed E-state index contributed by atoms with van der Waals surface area (Å²) in [6, 6.07) is 0. The minimum Gasteiger partial charge on any atom is -0.316 e. The zero-order chi connectivity index (χ0) is 13.0. The van der Waals surface area contributed by atoms with Crippen molar-refractivity contribution in [3.63, 3.8) is 0 Å². The summed E-state index contributed by atoms with van der Waals surface area (Å²) in [7, 11) is 0. The quantitative estimate of drug-likeness (QED) is 0.841. The van der Waals surface area contributed by atoms with Crippen LogP contribution in [0.3, 0.4) is 0 Å². The smallest absolute Gasteiger partial charge is 0.0110 e. The molecule has 3 aliphatic heterocycles.